The molecular formula is C17H26N2O4. The Balaban J connectivity index is 1.92. The van der Waals surface area contributed by atoms with Gasteiger partial charge in [0.1, 0.15) is 5.75 Å². The molecule has 1 aliphatic rings. The summed E-state index contributed by atoms with van der Waals surface area (Å²) in [4.78, 5) is 16.3. The van der Waals surface area contributed by atoms with Gasteiger partial charge in [0.05, 0.1) is 13.0 Å². The lowest BCUT2D eigenvalue weighted by Crippen LogP contribution is -2.34. The molecule has 0 bridgehead atoms. The fourth-order valence-corrected chi connectivity index (χ4v) is 3.12. The Labute approximate surface area is 137 Å². The van der Waals surface area contributed by atoms with E-state index in [0.717, 1.165) is 12.1 Å². The molecule has 2 atom stereocenters. The average molecular weight is 322 g/mol. The van der Waals surface area contributed by atoms with Crippen LogP contribution in [-0.2, 0) is 11.2 Å². The molecule has 128 valence electrons. The van der Waals surface area contributed by atoms with Gasteiger partial charge in [-0.1, -0.05) is 12.1 Å². The van der Waals surface area contributed by atoms with E-state index in [0.29, 0.717) is 26.1 Å². The van der Waals surface area contributed by atoms with Crippen LogP contribution in [0.5, 0.6) is 5.75 Å². The number of aliphatic hydroxyl groups excluding tert-OH is 2. The van der Waals surface area contributed by atoms with Crippen molar-refractivity contribution in [2.75, 3.05) is 46.4 Å². The molecule has 1 fully saturated rings. The summed E-state index contributed by atoms with van der Waals surface area (Å²) in [5, 5.41) is 27.8. The first-order valence-corrected chi connectivity index (χ1v) is 7.99. The monoisotopic (exact) mass is 322 g/mol. The molecule has 6 nitrogen and oxygen atoms in total. The van der Waals surface area contributed by atoms with Crippen LogP contribution in [-0.4, -0.2) is 77.5 Å². The van der Waals surface area contributed by atoms with Crippen molar-refractivity contribution in [1.29, 1.82) is 0 Å². The molecule has 1 saturated heterocycles. The number of hydrogen-bond donors (Lipinski definition) is 3. The van der Waals surface area contributed by atoms with Crippen LogP contribution in [0.2, 0.25) is 0 Å². The number of likely N-dealkylation sites (tertiary alicyclic amines) is 1. The molecule has 0 spiro atoms. The number of amides is 1. The molecule has 1 aromatic rings. The molecule has 2 rings (SSSR count). The van der Waals surface area contributed by atoms with E-state index in [1.165, 1.54) is 0 Å². The highest BCUT2D eigenvalue weighted by Crippen LogP contribution is 2.24. The fourth-order valence-electron chi connectivity index (χ4n) is 3.12. The van der Waals surface area contributed by atoms with Crippen LogP contribution >= 0.6 is 0 Å². The highest BCUT2D eigenvalue weighted by atomic mass is 16.3. The second-order valence-corrected chi connectivity index (χ2v) is 6.33. The largest absolute Gasteiger partial charge is 0.508 e. The molecule has 1 heterocycles. The molecule has 0 aliphatic carbocycles. The summed E-state index contributed by atoms with van der Waals surface area (Å²) in [6, 6.07) is 6.66. The number of rotatable bonds is 7. The number of carbonyl (C=O) groups excluding carboxylic acids is 1. The van der Waals surface area contributed by atoms with Crippen molar-refractivity contribution in [3.05, 3.63) is 29.8 Å². The molecule has 6 heteroatoms. The van der Waals surface area contributed by atoms with Crippen LogP contribution in [0.25, 0.3) is 0 Å². The number of carbonyl (C=O) groups is 1. The number of likely N-dealkylation sites (N-methyl/N-ethyl adjacent to an activating group) is 1. The molecule has 0 saturated carbocycles. The number of aliphatic hydroxyl groups is 2. The van der Waals surface area contributed by atoms with E-state index >= 15 is 0 Å². The molecule has 0 aromatic heterocycles. The summed E-state index contributed by atoms with van der Waals surface area (Å²) in [5.41, 5.74) is 0.870. The maximum Gasteiger partial charge on any atom is 0.227 e. The number of nitrogens with zero attached hydrogens (tertiary/aromatic N) is 2. The Bertz CT molecular complexity index is 506. The third-order valence-electron chi connectivity index (χ3n) is 4.48. The highest BCUT2D eigenvalue weighted by Gasteiger charge is 2.35. The molecule has 1 amide bonds. The molecule has 0 unspecified atom stereocenters. The van der Waals surface area contributed by atoms with Gasteiger partial charge in [-0.25, -0.2) is 0 Å². The van der Waals surface area contributed by atoms with Gasteiger partial charge < -0.3 is 25.1 Å². The van der Waals surface area contributed by atoms with E-state index in [1.807, 2.05) is 16.8 Å². The van der Waals surface area contributed by atoms with E-state index in [1.54, 1.807) is 24.3 Å². The van der Waals surface area contributed by atoms with Crippen molar-refractivity contribution in [3.63, 3.8) is 0 Å². The van der Waals surface area contributed by atoms with Crippen molar-refractivity contribution < 1.29 is 20.1 Å². The zero-order valence-electron chi connectivity index (χ0n) is 13.6. The van der Waals surface area contributed by atoms with E-state index in [-0.39, 0.29) is 36.7 Å². The highest BCUT2D eigenvalue weighted by molar-refractivity contribution is 5.79. The van der Waals surface area contributed by atoms with Gasteiger partial charge >= 0.3 is 0 Å². The zero-order chi connectivity index (χ0) is 16.8. The van der Waals surface area contributed by atoms with E-state index < -0.39 is 0 Å². The number of benzene rings is 1. The first kappa shape index (κ1) is 17.7. The predicted molar refractivity (Wildman–Crippen MR) is 87.0 cm³/mol. The molecule has 23 heavy (non-hydrogen) atoms. The number of phenols is 1. The van der Waals surface area contributed by atoms with Crippen molar-refractivity contribution in [1.82, 2.24) is 9.80 Å². The summed E-state index contributed by atoms with van der Waals surface area (Å²) in [5.74, 6) is 0.538. The first-order chi connectivity index (χ1) is 11.0. The third kappa shape index (κ3) is 4.92. The van der Waals surface area contributed by atoms with Gasteiger partial charge in [0.25, 0.3) is 0 Å². The molecule has 0 radical (unpaired) electrons. The topological polar surface area (TPSA) is 84.2 Å². The Morgan fingerprint density at radius 2 is 1.87 bits per heavy atom. The maximum atomic E-state index is 12.4. The standard InChI is InChI=1S/C17H26N2O4/c1-18(6-7-20)9-14-10-19(11-15(14)12-21)17(23)8-13-2-4-16(22)5-3-13/h2-5,14-15,20-22H,6-12H2,1H3/t14-,15-/m1/s1. The minimum Gasteiger partial charge on any atom is -0.508 e. The third-order valence-corrected chi connectivity index (χ3v) is 4.48. The second kappa shape index (κ2) is 8.29. The van der Waals surface area contributed by atoms with Crippen LogP contribution in [0.15, 0.2) is 24.3 Å². The summed E-state index contributed by atoms with van der Waals surface area (Å²) in [6.45, 7) is 2.74. The van der Waals surface area contributed by atoms with Gasteiger partial charge in [-0.3, -0.25) is 4.79 Å². The fraction of sp³-hybridized carbons (Fsp3) is 0.588. The average Bonchev–Trinajstić information content (AvgIpc) is 2.93. The van der Waals surface area contributed by atoms with E-state index in [9.17, 15) is 15.0 Å². The molecule has 1 aromatic carbocycles. The Kier molecular flexibility index (Phi) is 6.38. The lowest BCUT2D eigenvalue weighted by molar-refractivity contribution is -0.129. The van der Waals surface area contributed by atoms with Crippen molar-refractivity contribution in [2.45, 2.75) is 6.42 Å². The maximum absolute atomic E-state index is 12.4. The minimum atomic E-state index is 0.0430. The Morgan fingerprint density at radius 3 is 2.48 bits per heavy atom. The number of phenolic OH excluding ortho intramolecular Hbond substituents is 1. The Hall–Kier alpha value is -1.63. The lowest BCUT2D eigenvalue weighted by atomic mass is 9.96. The van der Waals surface area contributed by atoms with Gasteiger partial charge in [0.2, 0.25) is 5.91 Å². The smallest absolute Gasteiger partial charge is 0.227 e. The zero-order valence-corrected chi connectivity index (χ0v) is 13.6. The predicted octanol–water partition coefficient (Wildman–Crippen LogP) is -0.0743. The van der Waals surface area contributed by atoms with Crippen LogP contribution in [0.4, 0.5) is 0 Å². The lowest BCUT2D eigenvalue weighted by Gasteiger charge is -2.23. The minimum absolute atomic E-state index is 0.0430. The van der Waals surface area contributed by atoms with Crippen LogP contribution in [0.3, 0.4) is 0 Å². The number of hydrogen-bond acceptors (Lipinski definition) is 5. The van der Waals surface area contributed by atoms with Crippen molar-refractivity contribution >= 4 is 5.91 Å². The van der Waals surface area contributed by atoms with Crippen LogP contribution in [0.1, 0.15) is 5.56 Å². The van der Waals surface area contributed by atoms with Gasteiger partial charge in [0, 0.05) is 38.7 Å². The normalized spacial score (nSPS) is 21.1. The summed E-state index contributed by atoms with van der Waals surface area (Å²) in [7, 11) is 1.94. The van der Waals surface area contributed by atoms with Crippen LogP contribution < -0.4 is 0 Å². The summed E-state index contributed by atoms with van der Waals surface area (Å²) >= 11 is 0. The molecular weight excluding hydrogens is 296 g/mol. The molecule has 1 aliphatic heterocycles. The van der Waals surface area contributed by atoms with Crippen molar-refractivity contribution in [2.24, 2.45) is 11.8 Å². The first-order valence-electron chi connectivity index (χ1n) is 7.99. The van der Waals surface area contributed by atoms with Gasteiger partial charge in [-0.2, -0.15) is 0 Å². The van der Waals surface area contributed by atoms with E-state index in [4.69, 9.17) is 5.11 Å². The summed E-state index contributed by atoms with van der Waals surface area (Å²) in [6.07, 6.45) is 0.303. The van der Waals surface area contributed by atoms with Gasteiger partial charge in [-0.05, 0) is 30.7 Å². The van der Waals surface area contributed by atoms with Crippen LogP contribution in [0, 0.1) is 11.8 Å². The van der Waals surface area contributed by atoms with Gasteiger partial charge in [0.15, 0.2) is 0 Å². The van der Waals surface area contributed by atoms with Crippen molar-refractivity contribution in [3.8, 4) is 5.75 Å². The second-order valence-electron chi connectivity index (χ2n) is 6.33. The van der Waals surface area contributed by atoms with E-state index in [2.05, 4.69) is 0 Å². The number of aromatic hydroxyl groups is 1. The quantitative estimate of drug-likeness (QED) is 0.654. The SMILES string of the molecule is CN(CCO)C[C@@H]1CN(C(=O)Cc2ccc(O)cc2)C[C@@H]1CO. The summed E-state index contributed by atoms with van der Waals surface area (Å²) < 4.78 is 0. The Morgan fingerprint density at radius 1 is 1.22 bits per heavy atom. The van der Waals surface area contributed by atoms with Gasteiger partial charge in [-0.15, -0.1) is 0 Å². The molecule has 3 N–H and O–H groups in total.